The highest BCUT2D eigenvalue weighted by atomic mass is 35.5. The van der Waals surface area contributed by atoms with Crippen LogP contribution < -0.4 is 0 Å². The molecule has 1 aromatic carbocycles. The number of pyridine rings is 1. The molecule has 76 valence electrons. The Hall–Kier alpha value is -1.41. The molecule has 0 radical (unpaired) electrons. The average molecular weight is 222 g/mol. The Labute approximate surface area is 92.5 Å². The predicted molar refractivity (Wildman–Crippen MR) is 59.4 cm³/mol. The molecule has 3 heteroatoms. The number of hydrogen-bond donors (Lipinski definition) is 0. The zero-order valence-electron chi connectivity index (χ0n) is 8.17. The second kappa shape index (κ2) is 3.99. The minimum atomic E-state index is -0.464. The van der Waals surface area contributed by atoms with Crippen molar-refractivity contribution in [3.05, 3.63) is 53.1 Å². The minimum absolute atomic E-state index is 0.0873. The van der Waals surface area contributed by atoms with Gasteiger partial charge in [-0.3, -0.25) is 0 Å². The van der Waals surface area contributed by atoms with Crippen molar-refractivity contribution in [2.24, 2.45) is 0 Å². The van der Waals surface area contributed by atoms with Crippen LogP contribution in [0.15, 0.2) is 36.5 Å². The third-order valence-electron chi connectivity index (χ3n) is 2.28. The Morgan fingerprint density at radius 3 is 2.60 bits per heavy atom. The van der Waals surface area contributed by atoms with Crippen LogP contribution >= 0.6 is 11.6 Å². The van der Waals surface area contributed by atoms with E-state index in [1.807, 2.05) is 31.2 Å². The van der Waals surface area contributed by atoms with Crippen LogP contribution in [0.25, 0.3) is 11.1 Å². The van der Waals surface area contributed by atoms with Crippen molar-refractivity contribution < 1.29 is 4.39 Å². The van der Waals surface area contributed by atoms with Crippen LogP contribution in [0.2, 0.25) is 5.15 Å². The highest BCUT2D eigenvalue weighted by Crippen LogP contribution is 2.28. The molecule has 0 spiro atoms. The first kappa shape index (κ1) is 10.1. The molecular weight excluding hydrogens is 213 g/mol. The van der Waals surface area contributed by atoms with Crippen molar-refractivity contribution in [3.63, 3.8) is 0 Å². The van der Waals surface area contributed by atoms with Gasteiger partial charge in [0.25, 0.3) is 0 Å². The smallest absolute Gasteiger partial charge is 0.168 e. The normalized spacial score (nSPS) is 10.3. The maximum atomic E-state index is 13.7. The number of hydrogen-bond acceptors (Lipinski definition) is 1. The van der Waals surface area contributed by atoms with Crippen molar-refractivity contribution >= 4 is 11.6 Å². The first-order valence-corrected chi connectivity index (χ1v) is 4.94. The molecule has 0 saturated carbocycles. The molecule has 15 heavy (non-hydrogen) atoms. The Bertz CT molecular complexity index is 497. The monoisotopic (exact) mass is 221 g/mol. The fourth-order valence-electron chi connectivity index (χ4n) is 1.50. The highest BCUT2D eigenvalue weighted by molar-refractivity contribution is 6.29. The molecule has 0 fully saturated rings. The summed E-state index contributed by atoms with van der Waals surface area (Å²) in [5, 5.41) is -0.0873. The molecule has 0 bridgehead atoms. The van der Waals surface area contributed by atoms with Crippen LogP contribution in [0.3, 0.4) is 0 Å². The average Bonchev–Trinajstić information content (AvgIpc) is 2.23. The van der Waals surface area contributed by atoms with Gasteiger partial charge in [0.2, 0.25) is 0 Å². The maximum Gasteiger partial charge on any atom is 0.168 e. The van der Waals surface area contributed by atoms with Crippen LogP contribution in [0.4, 0.5) is 4.39 Å². The molecule has 0 unspecified atom stereocenters. The summed E-state index contributed by atoms with van der Waals surface area (Å²) in [4.78, 5) is 3.68. The lowest BCUT2D eigenvalue weighted by atomic mass is 10.0. The van der Waals surface area contributed by atoms with Gasteiger partial charge < -0.3 is 0 Å². The lowest BCUT2D eigenvalue weighted by Crippen LogP contribution is -1.90. The summed E-state index contributed by atoms with van der Waals surface area (Å²) < 4.78 is 13.7. The molecule has 0 aliphatic heterocycles. The van der Waals surface area contributed by atoms with Gasteiger partial charge in [0.05, 0.1) is 0 Å². The van der Waals surface area contributed by atoms with Gasteiger partial charge in [0.1, 0.15) is 0 Å². The largest absolute Gasteiger partial charge is 0.242 e. The van der Waals surface area contributed by atoms with Gasteiger partial charge in [-0.05, 0) is 24.1 Å². The van der Waals surface area contributed by atoms with Gasteiger partial charge >= 0.3 is 0 Å². The van der Waals surface area contributed by atoms with Crippen LogP contribution in [0, 0.1) is 12.7 Å². The van der Waals surface area contributed by atoms with Crippen LogP contribution in [0.5, 0.6) is 0 Å². The summed E-state index contributed by atoms with van der Waals surface area (Å²) >= 11 is 5.63. The number of halogens is 2. The molecule has 1 nitrogen and oxygen atoms in total. The van der Waals surface area contributed by atoms with E-state index in [0.717, 1.165) is 11.1 Å². The zero-order chi connectivity index (χ0) is 10.8. The maximum absolute atomic E-state index is 13.7. The molecule has 0 aliphatic rings. The first-order valence-electron chi connectivity index (χ1n) is 4.56. The summed E-state index contributed by atoms with van der Waals surface area (Å²) in [6.07, 6.45) is 1.51. The van der Waals surface area contributed by atoms with E-state index in [9.17, 15) is 4.39 Å². The van der Waals surface area contributed by atoms with Crippen molar-refractivity contribution in [3.8, 4) is 11.1 Å². The van der Waals surface area contributed by atoms with Gasteiger partial charge in [-0.15, -0.1) is 0 Å². The van der Waals surface area contributed by atoms with Gasteiger partial charge in [0, 0.05) is 11.8 Å². The Morgan fingerprint density at radius 1 is 1.13 bits per heavy atom. The van der Waals surface area contributed by atoms with Crippen LogP contribution in [-0.2, 0) is 0 Å². The molecule has 1 heterocycles. The minimum Gasteiger partial charge on any atom is -0.242 e. The summed E-state index contributed by atoms with van der Waals surface area (Å²) in [5.74, 6) is -0.464. The molecule has 0 N–H and O–H groups in total. The number of aryl methyl sites for hydroxylation is 1. The van der Waals surface area contributed by atoms with Crippen molar-refractivity contribution in [1.29, 1.82) is 0 Å². The SMILES string of the molecule is Cc1ccccc1-c1ccnc(Cl)c1F. The predicted octanol–water partition coefficient (Wildman–Crippen LogP) is 3.85. The zero-order valence-corrected chi connectivity index (χ0v) is 8.92. The van der Waals surface area contributed by atoms with Gasteiger partial charge in [-0.1, -0.05) is 35.9 Å². The van der Waals surface area contributed by atoms with Gasteiger partial charge in [0.15, 0.2) is 11.0 Å². The molecular formula is C12H9ClFN. The van der Waals surface area contributed by atoms with E-state index in [0.29, 0.717) is 5.56 Å². The van der Waals surface area contributed by atoms with E-state index >= 15 is 0 Å². The third-order valence-corrected chi connectivity index (χ3v) is 2.55. The second-order valence-corrected chi connectivity index (χ2v) is 3.64. The Kier molecular flexibility index (Phi) is 2.69. The summed E-state index contributed by atoms with van der Waals surface area (Å²) in [6, 6.07) is 9.21. The molecule has 0 aliphatic carbocycles. The van der Waals surface area contributed by atoms with E-state index in [-0.39, 0.29) is 5.15 Å². The fourth-order valence-corrected chi connectivity index (χ4v) is 1.66. The fraction of sp³-hybridized carbons (Fsp3) is 0.0833. The topological polar surface area (TPSA) is 12.9 Å². The quantitative estimate of drug-likeness (QED) is 0.667. The van der Waals surface area contributed by atoms with Crippen LogP contribution in [0.1, 0.15) is 5.56 Å². The lowest BCUT2D eigenvalue weighted by Gasteiger charge is -2.06. The van der Waals surface area contributed by atoms with Crippen LogP contribution in [-0.4, -0.2) is 4.98 Å². The summed E-state index contributed by atoms with van der Waals surface area (Å²) in [5.41, 5.74) is 2.35. The van der Waals surface area contributed by atoms with Gasteiger partial charge in [-0.25, -0.2) is 9.37 Å². The van der Waals surface area contributed by atoms with E-state index in [1.54, 1.807) is 6.07 Å². The standard InChI is InChI=1S/C12H9ClFN/c1-8-4-2-3-5-9(8)10-6-7-15-12(13)11(10)14/h2-7H,1H3. The lowest BCUT2D eigenvalue weighted by molar-refractivity contribution is 0.625. The number of rotatable bonds is 1. The molecule has 1 aromatic heterocycles. The molecule has 2 aromatic rings. The van der Waals surface area contributed by atoms with Crippen molar-refractivity contribution in [2.75, 3.05) is 0 Å². The summed E-state index contributed by atoms with van der Waals surface area (Å²) in [6.45, 7) is 1.93. The first-order chi connectivity index (χ1) is 7.20. The number of nitrogens with zero attached hydrogens (tertiary/aromatic N) is 1. The number of aromatic nitrogens is 1. The van der Waals surface area contributed by atoms with Crippen molar-refractivity contribution in [2.45, 2.75) is 6.92 Å². The molecule has 2 rings (SSSR count). The van der Waals surface area contributed by atoms with Gasteiger partial charge in [-0.2, -0.15) is 0 Å². The molecule has 0 atom stereocenters. The summed E-state index contributed by atoms with van der Waals surface area (Å²) in [7, 11) is 0. The van der Waals surface area contributed by atoms with E-state index in [1.165, 1.54) is 6.20 Å². The number of benzene rings is 1. The second-order valence-electron chi connectivity index (χ2n) is 3.28. The van der Waals surface area contributed by atoms with Crippen molar-refractivity contribution in [1.82, 2.24) is 4.98 Å². The molecule has 0 saturated heterocycles. The van der Waals surface area contributed by atoms with E-state index in [4.69, 9.17) is 11.6 Å². The molecule has 0 amide bonds. The Balaban J connectivity index is 2.65. The van der Waals surface area contributed by atoms with E-state index < -0.39 is 5.82 Å². The third kappa shape index (κ3) is 1.85. The highest BCUT2D eigenvalue weighted by Gasteiger charge is 2.10. The van der Waals surface area contributed by atoms with E-state index in [2.05, 4.69) is 4.98 Å². The Morgan fingerprint density at radius 2 is 1.87 bits per heavy atom.